The van der Waals surface area contributed by atoms with Gasteiger partial charge in [0, 0.05) is 29.9 Å². The summed E-state index contributed by atoms with van der Waals surface area (Å²) in [6, 6.07) is 0.663. The molecule has 5 rings (SSSR count). The first-order chi connectivity index (χ1) is 10.2. The summed E-state index contributed by atoms with van der Waals surface area (Å²) in [5.74, 6) is 4.30. The molecule has 21 heavy (non-hydrogen) atoms. The zero-order chi connectivity index (χ0) is 14.4. The Morgan fingerprint density at radius 1 is 1.29 bits per heavy atom. The van der Waals surface area contributed by atoms with E-state index in [-0.39, 0.29) is 0 Å². The normalized spacial score (nSPS) is 38.9. The van der Waals surface area contributed by atoms with E-state index in [2.05, 4.69) is 23.7 Å². The van der Waals surface area contributed by atoms with Crippen LogP contribution in [0.3, 0.4) is 0 Å². The molecule has 1 aromatic rings. The van der Waals surface area contributed by atoms with Gasteiger partial charge in [-0.3, -0.25) is 4.68 Å². The number of nitrogens with zero attached hydrogens (tertiary/aromatic N) is 2. The Morgan fingerprint density at radius 2 is 1.90 bits per heavy atom. The first kappa shape index (κ1) is 14.1. The van der Waals surface area contributed by atoms with E-state index in [4.69, 9.17) is 0 Å². The second-order valence-electron chi connectivity index (χ2n) is 7.78. The average molecular weight is 305 g/mol. The predicted octanol–water partition coefficient (Wildman–Crippen LogP) is 3.32. The highest BCUT2D eigenvalue weighted by Crippen LogP contribution is 2.61. The van der Waals surface area contributed by atoms with Crippen LogP contribution in [0.1, 0.15) is 38.5 Å². The average Bonchev–Trinajstić information content (AvgIpc) is 2.83. The summed E-state index contributed by atoms with van der Waals surface area (Å²) in [6.07, 6.45) is 13.2. The van der Waals surface area contributed by atoms with Crippen LogP contribution in [-0.2, 0) is 7.05 Å². The van der Waals surface area contributed by atoms with Gasteiger partial charge in [0.25, 0.3) is 0 Å². The molecule has 0 aliphatic heterocycles. The van der Waals surface area contributed by atoms with Crippen molar-refractivity contribution in [1.82, 2.24) is 15.1 Å². The Hall–Kier alpha value is -0.480. The zero-order valence-corrected chi connectivity index (χ0v) is 14.0. The van der Waals surface area contributed by atoms with Crippen LogP contribution < -0.4 is 5.32 Å². The van der Waals surface area contributed by atoms with Crippen molar-refractivity contribution >= 4 is 11.8 Å². The van der Waals surface area contributed by atoms with E-state index in [0.29, 0.717) is 11.5 Å². The standard InChI is InChI=1S/C17H27N3S/c1-18-16(11-21-15-9-19-20(2)10-15)17-6-12-3-13(7-17)5-14(4-12)8-17/h9-10,12-14,16,18H,3-8,11H2,1-2H3. The van der Waals surface area contributed by atoms with Gasteiger partial charge in [-0.05, 0) is 68.7 Å². The first-order valence-electron chi connectivity index (χ1n) is 8.45. The van der Waals surface area contributed by atoms with Gasteiger partial charge >= 0.3 is 0 Å². The predicted molar refractivity (Wildman–Crippen MR) is 87.4 cm³/mol. The van der Waals surface area contributed by atoms with Crippen molar-refractivity contribution in [2.24, 2.45) is 30.2 Å². The number of hydrogen-bond acceptors (Lipinski definition) is 3. The third kappa shape index (κ3) is 2.55. The molecule has 0 spiro atoms. The molecule has 1 aromatic heterocycles. The van der Waals surface area contributed by atoms with Gasteiger partial charge in [-0.15, -0.1) is 11.8 Å². The molecule has 4 bridgehead atoms. The lowest BCUT2D eigenvalue weighted by Gasteiger charge is -2.59. The van der Waals surface area contributed by atoms with E-state index in [0.717, 1.165) is 17.8 Å². The van der Waals surface area contributed by atoms with Gasteiger partial charge in [-0.25, -0.2) is 0 Å². The van der Waals surface area contributed by atoms with Crippen LogP contribution in [-0.4, -0.2) is 28.6 Å². The smallest absolute Gasteiger partial charge is 0.0625 e. The lowest BCUT2D eigenvalue weighted by Crippen LogP contribution is -2.56. The fourth-order valence-corrected chi connectivity index (χ4v) is 7.05. The van der Waals surface area contributed by atoms with Crippen molar-refractivity contribution in [3.63, 3.8) is 0 Å². The highest BCUT2D eigenvalue weighted by molar-refractivity contribution is 7.99. The van der Waals surface area contributed by atoms with Crippen LogP contribution in [0.4, 0.5) is 0 Å². The van der Waals surface area contributed by atoms with Crippen LogP contribution in [0.15, 0.2) is 17.3 Å². The minimum atomic E-state index is 0.596. The van der Waals surface area contributed by atoms with Gasteiger partial charge in [-0.2, -0.15) is 5.10 Å². The molecule has 1 atom stereocenters. The van der Waals surface area contributed by atoms with Crippen molar-refractivity contribution in [3.8, 4) is 0 Å². The van der Waals surface area contributed by atoms with Crippen LogP contribution in [0, 0.1) is 23.2 Å². The van der Waals surface area contributed by atoms with Gasteiger partial charge in [0.2, 0.25) is 0 Å². The van der Waals surface area contributed by atoms with E-state index in [1.54, 1.807) is 0 Å². The molecule has 1 N–H and O–H groups in total. The number of nitrogens with one attached hydrogen (secondary N) is 1. The maximum Gasteiger partial charge on any atom is 0.0625 e. The van der Waals surface area contributed by atoms with E-state index in [1.165, 1.54) is 49.2 Å². The van der Waals surface area contributed by atoms with E-state index in [9.17, 15) is 0 Å². The van der Waals surface area contributed by atoms with E-state index in [1.807, 2.05) is 29.7 Å². The quantitative estimate of drug-likeness (QED) is 0.846. The Labute approximate surface area is 132 Å². The topological polar surface area (TPSA) is 29.9 Å². The van der Waals surface area contributed by atoms with Crippen molar-refractivity contribution in [2.45, 2.75) is 49.5 Å². The first-order valence-corrected chi connectivity index (χ1v) is 9.44. The second kappa shape index (κ2) is 5.31. The molecule has 1 heterocycles. The highest BCUT2D eigenvalue weighted by Gasteiger charge is 2.53. The van der Waals surface area contributed by atoms with Gasteiger partial charge in [-0.1, -0.05) is 0 Å². The summed E-state index contributed by atoms with van der Waals surface area (Å²) in [4.78, 5) is 1.31. The zero-order valence-electron chi connectivity index (χ0n) is 13.2. The maximum atomic E-state index is 4.29. The fourth-order valence-electron chi connectivity index (χ4n) is 5.82. The Kier molecular flexibility index (Phi) is 3.57. The van der Waals surface area contributed by atoms with E-state index < -0.39 is 0 Å². The summed E-state index contributed by atoms with van der Waals surface area (Å²) in [7, 11) is 4.17. The van der Waals surface area contributed by atoms with E-state index >= 15 is 0 Å². The molecular weight excluding hydrogens is 278 g/mol. The number of hydrogen-bond donors (Lipinski definition) is 1. The molecule has 0 radical (unpaired) electrons. The van der Waals surface area contributed by atoms with Crippen molar-refractivity contribution in [3.05, 3.63) is 12.4 Å². The number of aryl methyl sites for hydroxylation is 1. The summed E-state index contributed by atoms with van der Waals surface area (Å²) in [5, 5.41) is 7.98. The minimum absolute atomic E-state index is 0.596. The maximum absolute atomic E-state index is 4.29. The van der Waals surface area contributed by atoms with Gasteiger partial charge in [0.05, 0.1) is 6.20 Å². The highest BCUT2D eigenvalue weighted by atomic mass is 32.2. The minimum Gasteiger partial charge on any atom is -0.316 e. The molecule has 0 amide bonds. The van der Waals surface area contributed by atoms with Gasteiger partial charge < -0.3 is 5.32 Å². The van der Waals surface area contributed by atoms with Crippen molar-refractivity contribution < 1.29 is 0 Å². The third-order valence-electron chi connectivity index (χ3n) is 6.27. The molecule has 4 aliphatic carbocycles. The molecule has 3 nitrogen and oxygen atoms in total. The lowest BCUT2D eigenvalue weighted by atomic mass is 9.48. The van der Waals surface area contributed by atoms with Crippen molar-refractivity contribution in [2.75, 3.05) is 12.8 Å². The molecular formula is C17H27N3S. The molecule has 0 saturated heterocycles. The Morgan fingerprint density at radius 3 is 2.38 bits per heavy atom. The second-order valence-corrected chi connectivity index (χ2v) is 8.88. The van der Waals surface area contributed by atoms with Crippen molar-refractivity contribution in [1.29, 1.82) is 0 Å². The molecule has 1 unspecified atom stereocenters. The summed E-state index contributed by atoms with van der Waals surface area (Å²) in [5.41, 5.74) is 0.596. The molecule has 4 aliphatic rings. The monoisotopic (exact) mass is 305 g/mol. The largest absolute Gasteiger partial charge is 0.316 e. The molecule has 0 aromatic carbocycles. The summed E-state index contributed by atoms with van der Waals surface area (Å²) < 4.78 is 1.90. The number of thioether (sulfide) groups is 1. The third-order valence-corrected chi connectivity index (χ3v) is 7.32. The van der Waals surface area contributed by atoms with Crippen LogP contribution in [0.2, 0.25) is 0 Å². The van der Waals surface area contributed by atoms with Crippen LogP contribution >= 0.6 is 11.8 Å². The summed E-state index contributed by atoms with van der Waals surface area (Å²) >= 11 is 1.98. The molecule has 116 valence electrons. The lowest BCUT2D eigenvalue weighted by molar-refractivity contribution is -0.0682. The SMILES string of the molecule is CNC(CSc1cnn(C)c1)C12CC3CC(CC(C3)C1)C2. The van der Waals surface area contributed by atoms with Crippen LogP contribution in [0.5, 0.6) is 0 Å². The number of aromatic nitrogens is 2. The fraction of sp³-hybridized carbons (Fsp3) is 0.824. The van der Waals surface area contributed by atoms with Gasteiger partial charge in [0.15, 0.2) is 0 Å². The Bertz CT molecular complexity index is 475. The van der Waals surface area contributed by atoms with Crippen LogP contribution in [0.25, 0.3) is 0 Å². The number of rotatable bonds is 5. The van der Waals surface area contributed by atoms with Gasteiger partial charge in [0.1, 0.15) is 0 Å². The Balaban J connectivity index is 1.47. The molecule has 4 fully saturated rings. The molecule has 4 saturated carbocycles. The summed E-state index contributed by atoms with van der Waals surface area (Å²) in [6.45, 7) is 0. The molecule has 4 heteroatoms.